The van der Waals surface area contributed by atoms with Crippen LogP contribution in [0.3, 0.4) is 0 Å². The summed E-state index contributed by atoms with van der Waals surface area (Å²) in [5, 5.41) is 4.02. The molecule has 2 atom stereocenters. The van der Waals surface area contributed by atoms with Gasteiger partial charge in [0.25, 0.3) is 0 Å². The summed E-state index contributed by atoms with van der Waals surface area (Å²) in [7, 11) is -1.06. The van der Waals surface area contributed by atoms with Crippen molar-refractivity contribution in [2.24, 2.45) is 0 Å². The predicted molar refractivity (Wildman–Crippen MR) is 72.0 cm³/mol. The van der Waals surface area contributed by atoms with E-state index in [-0.39, 0.29) is 6.04 Å². The number of benzene rings is 1. The first-order valence-electron chi connectivity index (χ1n) is 6.05. The molecule has 1 aromatic carbocycles. The van der Waals surface area contributed by atoms with Crippen molar-refractivity contribution in [3.63, 3.8) is 0 Å². The number of aromatic amines is 1. The second-order valence-electron chi connectivity index (χ2n) is 4.44. The third-order valence-electron chi connectivity index (χ3n) is 3.18. The first-order valence-corrected chi connectivity index (χ1v) is 7.37. The fourth-order valence-corrected chi connectivity index (χ4v) is 3.41. The molecule has 2 unspecified atom stereocenters. The van der Waals surface area contributed by atoms with Gasteiger partial charge in [0.15, 0.2) is 5.16 Å². The van der Waals surface area contributed by atoms with Crippen LogP contribution < -0.4 is 5.32 Å². The van der Waals surface area contributed by atoms with E-state index < -0.39 is 10.8 Å². The van der Waals surface area contributed by atoms with Gasteiger partial charge in [-0.05, 0) is 24.5 Å². The molecule has 1 aliphatic heterocycles. The fraction of sp³-hybridized carbons (Fsp3) is 0.308. The third-order valence-corrected chi connectivity index (χ3v) is 4.54. The van der Waals surface area contributed by atoms with Crippen molar-refractivity contribution in [2.75, 3.05) is 11.1 Å². The Hall–Kier alpha value is -1.62. The molecule has 1 aliphatic rings. The van der Waals surface area contributed by atoms with Gasteiger partial charge in [-0.1, -0.05) is 18.2 Å². The van der Waals surface area contributed by atoms with Gasteiger partial charge < -0.3 is 10.3 Å². The molecule has 18 heavy (non-hydrogen) atoms. The lowest BCUT2D eigenvalue weighted by atomic mass is 9.99. The zero-order valence-corrected chi connectivity index (χ0v) is 10.7. The highest BCUT2D eigenvalue weighted by Gasteiger charge is 2.20. The molecular formula is C13H15N3OS. The molecule has 0 bridgehead atoms. The number of nitrogens with zero attached hydrogens (tertiary/aromatic N) is 1. The van der Waals surface area contributed by atoms with Gasteiger partial charge in [-0.3, -0.25) is 4.21 Å². The zero-order chi connectivity index (χ0) is 12.4. The fourth-order valence-electron chi connectivity index (χ4n) is 2.26. The Morgan fingerprint density at radius 1 is 1.39 bits per heavy atom. The van der Waals surface area contributed by atoms with Gasteiger partial charge >= 0.3 is 0 Å². The first-order chi connectivity index (χ1) is 8.83. The maximum atomic E-state index is 12.1. The molecule has 0 fully saturated rings. The first kappa shape index (κ1) is 11.5. The van der Waals surface area contributed by atoms with E-state index in [0.29, 0.717) is 10.9 Å². The molecule has 0 radical (unpaired) electrons. The molecule has 94 valence electrons. The molecule has 1 aromatic heterocycles. The number of hydrogen-bond donors (Lipinski definition) is 2. The molecule has 0 saturated heterocycles. The van der Waals surface area contributed by atoms with E-state index in [9.17, 15) is 4.21 Å². The number of aromatic nitrogens is 2. The Balaban J connectivity index is 1.68. The molecule has 2 N–H and O–H groups in total. The van der Waals surface area contributed by atoms with Crippen molar-refractivity contribution in [2.45, 2.75) is 24.0 Å². The Morgan fingerprint density at radius 3 is 3.11 bits per heavy atom. The van der Waals surface area contributed by atoms with Crippen molar-refractivity contribution < 1.29 is 4.21 Å². The van der Waals surface area contributed by atoms with Crippen LogP contribution in [0.15, 0.2) is 41.8 Å². The van der Waals surface area contributed by atoms with Crippen LogP contribution in [0.25, 0.3) is 0 Å². The van der Waals surface area contributed by atoms with Crippen LogP contribution in [-0.2, 0) is 17.2 Å². The maximum absolute atomic E-state index is 12.1. The lowest BCUT2D eigenvalue weighted by Gasteiger charge is -2.26. The summed E-state index contributed by atoms with van der Waals surface area (Å²) < 4.78 is 12.1. The van der Waals surface area contributed by atoms with Gasteiger partial charge in [0.1, 0.15) is 0 Å². The smallest absolute Gasteiger partial charge is 0.196 e. The Kier molecular flexibility index (Phi) is 3.15. The molecular weight excluding hydrogens is 246 g/mol. The minimum atomic E-state index is -1.06. The van der Waals surface area contributed by atoms with Crippen molar-refractivity contribution in [1.82, 2.24) is 9.97 Å². The molecule has 5 heteroatoms. The summed E-state index contributed by atoms with van der Waals surface area (Å²) in [5.41, 5.74) is 2.52. The van der Waals surface area contributed by atoms with Crippen LogP contribution in [-0.4, -0.2) is 26.0 Å². The van der Waals surface area contributed by atoms with E-state index in [1.165, 1.54) is 11.3 Å². The number of para-hydroxylation sites is 1. The lowest BCUT2D eigenvalue weighted by molar-refractivity contribution is 0.650. The van der Waals surface area contributed by atoms with Gasteiger partial charge in [0, 0.05) is 24.1 Å². The second kappa shape index (κ2) is 4.94. The highest BCUT2D eigenvalue weighted by atomic mass is 32.2. The van der Waals surface area contributed by atoms with Gasteiger partial charge in [-0.2, -0.15) is 0 Å². The Morgan fingerprint density at radius 2 is 2.28 bits per heavy atom. The number of fused-ring (bicyclic) bond motifs is 1. The number of anilines is 1. The number of rotatable bonds is 3. The standard InChI is InChI=1S/C13H15N3OS/c17-18(13-14-7-8-15-13)9-11-6-5-10-3-1-2-4-12(10)16-11/h1-4,7-8,11,16H,5-6,9H2,(H,14,15). The van der Waals surface area contributed by atoms with Crippen LogP contribution in [0.4, 0.5) is 5.69 Å². The molecule has 3 rings (SSSR count). The molecule has 4 nitrogen and oxygen atoms in total. The SMILES string of the molecule is O=S(CC1CCc2ccccc2N1)c1ncc[nH]1. The molecule has 2 heterocycles. The van der Waals surface area contributed by atoms with Crippen molar-refractivity contribution >= 4 is 16.5 Å². The summed E-state index contributed by atoms with van der Waals surface area (Å²) in [5.74, 6) is 0.599. The second-order valence-corrected chi connectivity index (χ2v) is 5.85. The van der Waals surface area contributed by atoms with E-state index in [4.69, 9.17) is 0 Å². The third kappa shape index (κ3) is 2.31. The largest absolute Gasteiger partial charge is 0.381 e. The highest BCUT2D eigenvalue weighted by Crippen LogP contribution is 2.24. The quantitative estimate of drug-likeness (QED) is 0.887. The molecule has 2 aromatic rings. The minimum absolute atomic E-state index is 0.255. The topological polar surface area (TPSA) is 57.8 Å². The van der Waals surface area contributed by atoms with E-state index >= 15 is 0 Å². The summed E-state index contributed by atoms with van der Waals surface area (Å²) in [6.45, 7) is 0. The van der Waals surface area contributed by atoms with Crippen molar-refractivity contribution in [3.05, 3.63) is 42.2 Å². The van der Waals surface area contributed by atoms with Crippen molar-refractivity contribution in [3.8, 4) is 0 Å². The average molecular weight is 261 g/mol. The van der Waals surface area contributed by atoms with Gasteiger partial charge in [0.2, 0.25) is 0 Å². The summed E-state index contributed by atoms with van der Waals surface area (Å²) >= 11 is 0. The van der Waals surface area contributed by atoms with Crippen LogP contribution >= 0.6 is 0 Å². The number of imidazole rings is 1. The number of hydrogen-bond acceptors (Lipinski definition) is 3. The molecule has 0 spiro atoms. The van der Waals surface area contributed by atoms with Crippen molar-refractivity contribution in [1.29, 1.82) is 0 Å². The highest BCUT2D eigenvalue weighted by molar-refractivity contribution is 7.84. The van der Waals surface area contributed by atoms with E-state index in [1.54, 1.807) is 12.4 Å². The lowest BCUT2D eigenvalue weighted by Crippen LogP contribution is -2.30. The Labute approximate surface area is 108 Å². The number of nitrogens with one attached hydrogen (secondary N) is 2. The summed E-state index contributed by atoms with van der Waals surface area (Å²) in [6.07, 6.45) is 5.40. The maximum Gasteiger partial charge on any atom is 0.196 e. The van der Waals surface area contributed by atoms with E-state index in [0.717, 1.165) is 12.8 Å². The summed E-state index contributed by atoms with van der Waals surface area (Å²) in [6, 6.07) is 8.56. The van der Waals surface area contributed by atoms with Gasteiger partial charge in [0.05, 0.1) is 16.6 Å². The molecule has 0 aliphatic carbocycles. The van der Waals surface area contributed by atoms with Crippen LogP contribution in [0.2, 0.25) is 0 Å². The van der Waals surface area contributed by atoms with Crippen LogP contribution in [0.5, 0.6) is 0 Å². The Bertz CT molecular complexity index is 553. The number of aryl methyl sites for hydroxylation is 1. The van der Waals surface area contributed by atoms with Gasteiger partial charge in [-0.25, -0.2) is 4.98 Å². The van der Waals surface area contributed by atoms with Crippen LogP contribution in [0, 0.1) is 0 Å². The summed E-state index contributed by atoms with van der Waals surface area (Å²) in [4.78, 5) is 6.95. The predicted octanol–water partition coefficient (Wildman–Crippen LogP) is 1.94. The molecule has 0 amide bonds. The zero-order valence-electron chi connectivity index (χ0n) is 9.93. The van der Waals surface area contributed by atoms with E-state index in [2.05, 4.69) is 33.5 Å². The van der Waals surface area contributed by atoms with Crippen LogP contribution in [0.1, 0.15) is 12.0 Å². The normalized spacial score (nSPS) is 19.9. The van der Waals surface area contributed by atoms with Gasteiger partial charge in [-0.15, -0.1) is 0 Å². The minimum Gasteiger partial charge on any atom is -0.381 e. The molecule has 0 saturated carbocycles. The number of H-pyrrole nitrogens is 1. The van der Waals surface area contributed by atoms with E-state index in [1.807, 2.05) is 6.07 Å². The average Bonchev–Trinajstić information content (AvgIpc) is 2.92. The monoisotopic (exact) mass is 261 g/mol.